The van der Waals surface area contributed by atoms with Crippen LogP contribution in [-0.4, -0.2) is 27.1 Å². The van der Waals surface area contributed by atoms with Crippen molar-refractivity contribution in [2.75, 3.05) is 0 Å². The molecule has 0 saturated heterocycles. The highest BCUT2D eigenvalue weighted by molar-refractivity contribution is 5.96. The van der Waals surface area contributed by atoms with Crippen molar-refractivity contribution in [2.24, 2.45) is 0 Å². The first-order valence-electron chi connectivity index (χ1n) is 5.99. The van der Waals surface area contributed by atoms with E-state index < -0.39 is 29.4 Å². The van der Waals surface area contributed by atoms with Crippen LogP contribution >= 0.6 is 0 Å². The van der Waals surface area contributed by atoms with Gasteiger partial charge in [-0.3, -0.25) is 14.6 Å². The zero-order valence-electron chi connectivity index (χ0n) is 10.7. The van der Waals surface area contributed by atoms with Crippen LogP contribution in [0, 0.1) is 0 Å². The summed E-state index contributed by atoms with van der Waals surface area (Å²) in [5.41, 5.74) is -0.391. The van der Waals surface area contributed by atoms with Gasteiger partial charge in [-0.2, -0.15) is 0 Å². The summed E-state index contributed by atoms with van der Waals surface area (Å²) in [7, 11) is 0. The average Bonchev–Trinajstić information content (AvgIpc) is 2.44. The zero-order valence-corrected chi connectivity index (χ0v) is 10.7. The van der Waals surface area contributed by atoms with Gasteiger partial charge in [0.2, 0.25) is 0 Å². The third-order valence-electron chi connectivity index (χ3n) is 2.75. The Bertz CT molecular complexity index is 724. The van der Waals surface area contributed by atoms with Gasteiger partial charge in [0, 0.05) is 12.1 Å². The predicted molar refractivity (Wildman–Crippen MR) is 73.0 cm³/mol. The number of aromatic amines is 1. The number of hydrogen-bond donors (Lipinski definition) is 4. The number of benzene rings is 1. The minimum Gasteiger partial charge on any atom is -0.494 e. The summed E-state index contributed by atoms with van der Waals surface area (Å²) in [5, 5.41) is 20.8. The van der Waals surface area contributed by atoms with E-state index in [0.717, 1.165) is 12.1 Å². The van der Waals surface area contributed by atoms with Gasteiger partial charge in [0.15, 0.2) is 11.9 Å². The van der Waals surface area contributed by atoms with Crippen LogP contribution in [0.25, 0.3) is 0 Å². The van der Waals surface area contributed by atoms with E-state index in [1.165, 1.54) is 0 Å². The Morgan fingerprint density at radius 1 is 1.14 bits per heavy atom. The first kappa shape index (κ1) is 14.3. The molecule has 7 heteroatoms. The summed E-state index contributed by atoms with van der Waals surface area (Å²) in [5.74, 6) is -2.48. The van der Waals surface area contributed by atoms with Crippen LogP contribution < -0.4 is 10.9 Å². The zero-order chi connectivity index (χ0) is 15.4. The van der Waals surface area contributed by atoms with Crippen molar-refractivity contribution in [1.29, 1.82) is 0 Å². The van der Waals surface area contributed by atoms with E-state index in [-0.39, 0.29) is 5.56 Å². The van der Waals surface area contributed by atoms with Crippen molar-refractivity contribution in [3.63, 3.8) is 0 Å². The number of carbonyl (C=O) groups is 2. The summed E-state index contributed by atoms with van der Waals surface area (Å²) in [6, 6.07) is 8.91. The number of nitrogens with one attached hydrogen (secondary N) is 2. The van der Waals surface area contributed by atoms with Gasteiger partial charge >= 0.3 is 5.97 Å². The molecule has 0 aliphatic rings. The standard InChI is InChI=1S/C14H12N2O5/c17-10-6-9(7-11(18)15-10)13(19)16-12(14(20)21)8-4-2-1-3-5-8/h1-7,12H,(H,16,19)(H,20,21)(H2,15,17,18)/t12-/m1/s1. The molecule has 1 amide bonds. The maximum atomic E-state index is 12.0. The van der Waals surface area contributed by atoms with Gasteiger partial charge in [-0.15, -0.1) is 0 Å². The topological polar surface area (TPSA) is 119 Å². The number of aromatic hydroxyl groups is 1. The number of pyridine rings is 1. The number of H-pyrrole nitrogens is 1. The summed E-state index contributed by atoms with van der Waals surface area (Å²) in [6.45, 7) is 0. The number of aliphatic carboxylic acids is 1. The molecule has 4 N–H and O–H groups in total. The molecule has 7 nitrogen and oxygen atoms in total. The van der Waals surface area contributed by atoms with E-state index in [9.17, 15) is 24.6 Å². The number of carbonyl (C=O) groups excluding carboxylic acids is 1. The van der Waals surface area contributed by atoms with Gasteiger partial charge in [0.1, 0.15) is 0 Å². The lowest BCUT2D eigenvalue weighted by molar-refractivity contribution is -0.139. The summed E-state index contributed by atoms with van der Waals surface area (Å²) in [4.78, 5) is 36.5. The van der Waals surface area contributed by atoms with Crippen LogP contribution in [0.4, 0.5) is 0 Å². The van der Waals surface area contributed by atoms with Crippen molar-refractivity contribution in [1.82, 2.24) is 10.3 Å². The van der Waals surface area contributed by atoms with E-state index in [4.69, 9.17) is 0 Å². The number of aromatic nitrogens is 1. The van der Waals surface area contributed by atoms with Crippen molar-refractivity contribution < 1.29 is 19.8 Å². The summed E-state index contributed by atoms with van der Waals surface area (Å²) < 4.78 is 0. The first-order chi connectivity index (χ1) is 9.97. The lowest BCUT2D eigenvalue weighted by atomic mass is 10.1. The molecule has 0 spiro atoms. The SMILES string of the molecule is O=C(N[C@@H](C(=O)O)c1ccccc1)c1cc(O)[nH]c(=O)c1. The molecule has 2 aromatic rings. The Hall–Kier alpha value is -3.09. The predicted octanol–water partition coefficient (Wildman–Crippen LogP) is 0.636. The van der Waals surface area contributed by atoms with Crippen molar-refractivity contribution in [2.45, 2.75) is 6.04 Å². The highest BCUT2D eigenvalue weighted by atomic mass is 16.4. The lowest BCUT2D eigenvalue weighted by Crippen LogP contribution is -2.34. The van der Waals surface area contributed by atoms with Crippen LogP contribution in [0.3, 0.4) is 0 Å². The van der Waals surface area contributed by atoms with Gasteiger partial charge in [0.05, 0.1) is 5.56 Å². The van der Waals surface area contributed by atoms with E-state index in [1.807, 2.05) is 0 Å². The second-order valence-electron chi connectivity index (χ2n) is 4.27. The monoisotopic (exact) mass is 288 g/mol. The Morgan fingerprint density at radius 3 is 2.38 bits per heavy atom. The Kier molecular flexibility index (Phi) is 4.03. The molecule has 1 heterocycles. The Balaban J connectivity index is 2.27. The third-order valence-corrected chi connectivity index (χ3v) is 2.75. The molecule has 1 atom stereocenters. The Labute approximate surface area is 118 Å². The smallest absolute Gasteiger partial charge is 0.330 e. The second kappa shape index (κ2) is 5.91. The molecule has 0 unspecified atom stereocenters. The minimum atomic E-state index is -1.25. The molecule has 2 rings (SSSR count). The van der Waals surface area contributed by atoms with E-state index in [1.54, 1.807) is 30.3 Å². The Morgan fingerprint density at radius 2 is 1.81 bits per heavy atom. The third kappa shape index (κ3) is 3.47. The van der Waals surface area contributed by atoms with Gasteiger partial charge in [0.25, 0.3) is 11.5 Å². The fraction of sp³-hybridized carbons (Fsp3) is 0.0714. The molecular weight excluding hydrogens is 276 g/mol. The van der Waals surface area contributed by atoms with Crippen molar-refractivity contribution in [3.05, 3.63) is 63.9 Å². The van der Waals surface area contributed by atoms with Gasteiger partial charge in [-0.25, -0.2) is 4.79 Å². The fourth-order valence-electron chi connectivity index (χ4n) is 1.81. The highest BCUT2D eigenvalue weighted by Gasteiger charge is 2.22. The van der Waals surface area contributed by atoms with Crippen LogP contribution in [-0.2, 0) is 4.79 Å². The highest BCUT2D eigenvalue weighted by Crippen LogP contribution is 2.14. The van der Waals surface area contributed by atoms with Crippen LogP contribution in [0.15, 0.2) is 47.3 Å². The summed E-state index contributed by atoms with van der Waals surface area (Å²) in [6.07, 6.45) is 0. The maximum absolute atomic E-state index is 12.0. The van der Waals surface area contributed by atoms with E-state index in [2.05, 4.69) is 10.3 Å². The molecule has 0 bridgehead atoms. The average molecular weight is 288 g/mol. The number of rotatable bonds is 4. The molecule has 0 saturated carbocycles. The van der Waals surface area contributed by atoms with Crippen LogP contribution in [0.1, 0.15) is 22.0 Å². The molecule has 21 heavy (non-hydrogen) atoms. The molecule has 0 fully saturated rings. The number of hydrogen-bond acceptors (Lipinski definition) is 4. The van der Waals surface area contributed by atoms with Crippen molar-refractivity contribution >= 4 is 11.9 Å². The fourth-order valence-corrected chi connectivity index (χ4v) is 1.81. The van der Waals surface area contributed by atoms with Crippen LogP contribution in [0.5, 0.6) is 5.88 Å². The number of carboxylic acid groups (broad SMARTS) is 1. The lowest BCUT2D eigenvalue weighted by Gasteiger charge is -2.14. The largest absolute Gasteiger partial charge is 0.494 e. The van der Waals surface area contributed by atoms with Gasteiger partial charge in [-0.1, -0.05) is 30.3 Å². The maximum Gasteiger partial charge on any atom is 0.330 e. The van der Waals surface area contributed by atoms with E-state index >= 15 is 0 Å². The van der Waals surface area contributed by atoms with Crippen molar-refractivity contribution in [3.8, 4) is 5.88 Å². The van der Waals surface area contributed by atoms with Gasteiger partial charge < -0.3 is 15.5 Å². The normalized spacial score (nSPS) is 11.6. The number of amides is 1. The molecule has 0 aliphatic carbocycles. The van der Waals surface area contributed by atoms with E-state index in [0.29, 0.717) is 5.56 Å². The molecule has 1 aromatic carbocycles. The quantitative estimate of drug-likeness (QED) is 0.658. The number of carboxylic acids is 1. The van der Waals surface area contributed by atoms with Gasteiger partial charge in [-0.05, 0) is 5.56 Å². The first-order valence-corrected chi connectivity index (χ1v) is 5.99. The molecule has 0 radical (unpaired) electrons. The van der Waals surface area contributed by atoms with Crippen LogP contribution in [0.2, 0.25) is 0 Å². The molecule has 0 aliphatic heterocycles. The molecular formula is C14H12N2O5. The minimum absolute atomic E-state index is 0.126. The molecule has 1 aromatic heterocycles. The molecule has 108 valence electrons. The summed E-state index contributed by atoms with van der Waals surface area (Å²) >= 11 is 0. The second-order valence-corrected chi connectivity index (χ2v) is 4.27.